The second-order valence-electron chi connectivity index (χ2n) is 5.13. The van der Waals surface area contributed by atoms with E-state index in [1.54, 1.807) is 6.20 Å². The van der Waals surface area contributed by atoms with E-state index in [0.717, 1.165) is 17.3 Å². The van der Waals surface area contributed by atoms with Crippen molar-refractivity contribution in [1.29, 1.82) is 0 Å². The summed E-state index contributed by atoms with van der Waals surface area (Å²) in [6.07, 6.45) is 8.50. The van der Waals surface area contributed by atoms with Crippen LogP contribution in [0.25, 0.3) is 0 Å². The fourth-order valence-electron chi connectivity index (χ4n) is 2.65. The third kappa shape index (κ3) is 3.42. The largest absolute Gasteiger partial charge is 0.389 e. The van der Waals surface area contributed by atoms with E-state index in [9.17, 15) is 0 Å². The van der Waals surface area contributed by atoms with E-state index in [2.05, 4.69) is 17.2 Å². The first-order valence-electron chi connectivity index (χ1n) is 6.69. The molecule has 1 saturated carbocycles. The number of nitrogens with zero attached hydrogens (tertiary/aromatic N) is 1. The lowest BCUT2D eigenvalue weighted by Crippen LogP contribution is -2.28. The van der Waals surface area contributed by atoms with Crippen molar-refractivity contribution >= 4 is 23.0 Å². The van der Waals surface area contributed by atoms with Crippen LogP contribution in [0.15, 0.2) is 18.3 Å². The van der Waals surface area contributed by atoms with Gasteiger partial charge in [-0.25, -0.2) is 4.98 Å². The Labute approximate surface area is 114 Å². The van der Waals surface area contributed by atoms with Gasteiger partial charge in [0.05, 0.1) is 0 Å². The van der Waals surface area contributed by atoms with Crippen molar-refractivity contribution in [3.05, 3.63) is 23.9 Å². The van der Waals surface area contributed by atoms with Gasteiger partial charge in [-0.05, 0) is 37.8 Å². The van der Waals surface area contributed by atoms with Crippen LogP contribution in [-0.4, -0.2) is 16.0 Å². The van der Waals surface area contributed by atoms with Crippen molar-refractivity contribution in [2.45, 2.75) is 45.1 Å². The predicted molar refractivity (Wildman–Crippen MR) is 79.8 cm³/mol. The number of hydrogen-bond donors (Lipinski definition) is 2. The number of aromatic nitrogens is 1. The zero-order valence-corrected chi connectivity index (χ0v) is 11.7. The third-order valence-electron chi connectivity index (χ3n) is 3.78. The molecule has 0 radical (unpaired) electrons. The number of rotatable bonds is 4. The van der Waals surface area contributed by atoms with Gasteiger partial charge >= 0.3 is 0 Å². The van der Waals surface area contributed by atoms with Gasteiger partial charge in [-0.1, -0.05) is 31.5 Å². The van der Waals surface area contributed by atoms with Gasteiger partial charge in [-0.2, -0.15) is 0 Å². The zero-order chi connectivity index (χ0) is 13.0. The summed E-state index contributed by atoms with van der Waals surface area (Å²) in [4.78, 5) is 4.75. The molecule has 18 heavy (non-hydrogen) atoms. The van der Waals surface area contributed by atoms with E-state index in [0.29, 0.717) is 11.0 Å². The van der Waals surface area contributed by atoms with Crippen LogP contribution in [0.4, 0.5) is 5.82 Å². The Morgan fingerprint density at radius 3 is 2.83 bits per heavy atom. The number of thiocarbonyl (C=S) groups is 1. The van der Waals surface area contributed by atoms with Crippen molar-refractivity contribution in [3.63, 3.8) is 0 Å². The summed E-state index contributed by atoms with van der Waals surface area (Å²) in [6, 6.07) is 4.24. The van der Waals surface area contributed by atoms with Crippen molar-refractivity contribution in [1.82, 2.24) is 4.98 Å². The maximum absolute atomic E-state index is 5.63. The highest BCUT2D eigenvalue weighted by atomic mass is 32.1. The molecule has 0 aliphatic heterocycles. The fourth-order valence-corrected chi connectivity index (χ4v) is 2.77. The van der Waals surface area contributed by atoms with Gasteiger partial charge in [0.2, 0.25) is 0 Å². The van der Waals surface area contributed by atoms with E-state index in [1.807, 2.05) is 12.1 Å². The van der Waals surface area contributed by atoms with Crippen molar-refractivity contribution in [3.8, 4) is 0 Å². The summed E-state index contributed by atoms with van der Waals surface area (Å²) in [6.45, 7) is 2.24. The Balaban J connectivity index is 1.99. The van der Waals surface area contributed by atoms with Gasteiger partial charge in [0.1, 0.15) is 10.8 Å². The van der Waals surface area contributed by atoms with Gasteiger partial charge in [0.25, 0.3) is 0 Å². The molecule has 98 valence electrons. The highest BCUT2D eigenvalue weighted by molar-refractivity contribution is 7.80. The molecule has 1 fully saturated rings. The molecule has 1 aliphatic carbocycles. The summed E-state index contributed by atoms with van der Waals surface area (Å²) < 4.78 is 0. The summed E-state index contributed by atoms with van der Waals surface area (Å²) in [5, 5.41) is 3.48. The van der Waals surface area contributed by atoms with Gasteiger partial charge in [0, 0.05) is 17.8 Å². The normalized spacial score (nSPS) is 18.3. The van der Waals surface area contributed by atoms with Crippen molar-refractivity contribution in [2.24, 2.45) is 11.7 Å². The van der Waals surface area contributed by atoms with Crippen molar-refractivity contribution in [2.75, 3.05) is 5.32 Å². The molecule has 3 nitrogen and oxygen atoms in total. The predicted octanol–water partition coefficient (Wildman–Crippen LogP) is 3.10. The zero-order valence-electron chi connectivity index (χ0n) is 10.9. The topological polar surface area (TPSA) is 50.9 Å². The van der Waals surface area contributed by atoms with Crippen molar-refractivity contribution < 1.29 is 0 Å². The molecule has 0 amide bonds. The van der Waals surface area contributed by atoms with Crippen LogP contribution in [0.3, 0.4) is 0 Å². The molecule has 1 unspecified atom stereocenters. The first-order valence-corrected chi connectivity index (χ1v) is 7.10. The van der Waals surface area contributed by atoms with Crippen LogP contribution in [0.2, 0.25) is 0 Å². The van der Waals surface area contributed by atoms with Gasteiger partial charge in [-0.15, -0.1) is 0 Å². The molecular weight excluding hydrogens is 242 g/mol. The summed E-state index contributed by atoms with van der Waals surface area (Å²) >= 11 is 4.98. The summed E-state index contributed by atoms with van der Waals surface area (Å²) in [7, 11) is 0. The molecule has 4 heteroatoms. The molecular formula is C14H21N3S. The number of anilines is 1. The van der Waals surface area contributed by atoms with E-state index in [-0.39, 0.29) is 0 Å². The van der Waals surface area contributed by atoms with E-state index in [4.69, 9.17) is 18.0 Å². The summed E-state index contributed by atoms with van der Waals surface area (Å²) in [5.41, 5.74) is 6.51. The van der Waals surface area contributed by atoms with E-state index >= 15 is 0 Å². The molecule has 1 heterocycles. The maximum atomic E-state index is 5.63. The Kier molecular flexibility index (Phi) is 4.53. The van der Waals surface area contributed by atoms with E-state index in [1.165, 1.54) is 32.1 Å². The SMILES string of the molecule is CC(Nc1cc(C(N)=S)ccn1)C1CCCCC1. The molecule has 0 spiro atoms. The molecule has 1 atom stereocenters. The second-order valence-corrected chi connectivity index (χ2v) is 5.56. The van der Waals surface area contributed by atoms with Crippen LogP contribution in [0, 0.1) is 5.92 Å². The van der Waals surface area contributed by atoms with Gasteiger partial charge in [-0.3, -0.25) is 0 Å². The Morgan fingerprint density at radius 1 is 1.44 bits per heavy atom. The minimum atomic E-state index is 0.422. The molecule has 1 aromatic heterocycles. The third-order valence-corrected chi connectivity index (χ3v) is 4.01. The standard InChI is InChI=1S/C14H21N3S/c1-10(11-5-3-2-4-6-11)17-13-9-12(14(15)18)7-8-16-13/h7-11H,2-6H2,1H3,(H2,15,18)(H,16,17). The van der Waals surface area contributed by atoms with Gasteiger partial charge < -0.3 is 11.1 Å². The molecule has 3 N–H and O–H groups in total. The highest BCUT2D eigenvalue weighted by Crippen LogP contribution is 2.27. The first-order chi connectivity index (χ1) is 8.66. The molecule has 2 rings (SSSR count). The molecule has 1 aromatic rings. The van der Waals surface area contributed by atoms with Crippen LogP contribution in [0.1, 0.15) is 44.6 Å². The maximum Gasteiger partial charge on any atom is 0.126 e. The Hall–Kier alpha value is -1.16. The lowest BCUT2D eigenvalue weighted by atomic mass is 9.84. The lowest BCUT2D eigenvalue weighted by Gasteiger charge is -2.28. The highest BCUT2D eigenvalue weighted by Gasteiger charge is 2.20. The van der Waals surface area contributed by atoms with E-state index < -0.39 is 0 Å². The number of pyridine rings is 1. The first kappa shape index (κ1) is 13.3. The lowest BCUT2D eigenvalue weighted by molar-refractivity contribution is 0.328. The molecule has 1 aliphatic rings. The van der Waals surface area contributed by atoms with Crippen LogP contribution in [-0.2, 0) is 0 Å². The molecule has 0 bridgehead atoms. The fraction of sp³-hybridized carbons (Fsp3) is 0.571. The van der Waals surface area contributed by atoms with Crippen LogP contribution < -0.4 is 11.1 Å². The quantitative estimate of drug-likeness (QED) is 0.820. The number of hydrogen-bond acceptors (Lipinski definition) is 3. The van der Waals surface area contributed by atoms with Crippen LogP contribution in [0.5, 0.6) is 0 Å². The minimum Gasteiger partial charge on any atom is -0.389 e. The monoisotopic (exact) mass is 263 g/mol. The smallest absolute Gasteiger partial charge is 0.126 e. The Bertz CT molecular complexity index is 413. The number of nitrogens with one attached hydrogen (secondary N) is 1. The second kappa shape index (κ2) is 6.14. The van der Waals surface area contributed by atoms with Crippen LogP contribution >= 0.6 is 12.2 Å². The average molecular weight is 263 g/mol. The molecule has 0 saturated heterocycles. The summed E-state index contributed by atoms with van der Waals surface area (Å²) in [5.74, 6) is 1.63. The number of nitrogens with two attached hydrogens (primary N) is 1. The average Bonchev–Trinajstić information content (AvgIpc) is 2.40. The molecule has 0 aromatic carbocycles. The minimum absolute atomic E-state index is 0.422. The van der Waals surface area contributed by atoms with Gasteiger partial charge in [0.15, 0.2) is 0 Å². The Morgan fingerprint density at radius 2 is 2.17 bits per heavy atom.